The fourth-order valence-corrected chi connectivity index (χ4v) is 3.11. The zero-order valence-electron chi connectivity index (χ0n) is 14.8. The molecule has 0 atom stereocenters. The van der Waals surface area contributed by atoms with Crippen LogP contribution in [0.1, 0.15) is 5.56 Å². The average molecular weight is 376 g/mol. The molecule has 0 spiro atoms. The van der Waals surface area contributed by atoms with Gasteiger partial charge in [0.25, 0.3) is 0 Å². The van der Waals surface area contributed by atoms with E-state index < -0.39 is 0 Å². The summed E-state index contributed by atoms with van der Waals surface area (Å²) in [5, 5.41) is 16.2. The van der Waals surface area contributed by atoms with Gasteiger partial charge in [0.15, 0.2) is 11.5 Å². The first kappa shape index (κ1) is 16.3. The Kier molecular flexibility index (Phi) is 3.90. The van der Waals surface area contributed by atoms with Gasteiger partial charge in [0.1, 0.15) is 6.54 Å². The lowest BCUT2D eigenvalue weighted by Crippen LogP contribution is -2.28. The third-order valence-corrected chi connectivity index (χ3v) is 4.49. The lowest BCUT2D eigenvalue weighted by Gasteiger charge is -2.05. The smallest absolute Gasteiger partial charge is 0.243 e. The molecule has 0 aliphatic carbocycles. The van der Waals surface area contributed by atoms with Crippen molar-refractivity contribution in [2.24, 2.45) is 0 Å². The van der Waals surface area contributed by atoms with E-state index in [2.05, 4.69) is 25.7 Å². The molecule has 0 saturated heterocycles. The highest BCUT2D eigenvalue weighted by molar-refractivity contribution is 5.93. The maximum absolute atomic E-state index is 12.2. The van der Waals surface area contributed by atoms with Gasteiger partial charge in [-0.1, -0.05) is 24.3 Å². The number of para-hydroxylation sites is 1. The number of hydrogen-bond donors (Lipinski definition) is 2. The zero-order chi connectivity index (χ0) is 18.9. The summed E-state index contributed by atoms with van der Waals surface area (Å²) < 4.78 is 10.6. The molecule has 0 unspecified atom stereocenters. The summed E-state index contributed by atoms with van der Waals surface area (Å²) >= 11 is 0. The fourth-order valence-electron chi connectivity index (χ4n) is 3.11. The summed E-state index contributed by atoms with van der Waals surface area (Å²) in [4.78, 5) is 16.7. The molecule has 2 aromatic heterocycles. The van der Waals surface area contributed by atoms with E-state index in [0.717, 1.165) is 22.0 Å². The van der Waals surface area contributed by atoms with Crippen LogP contribution in [0.4, 0.5) is 0 Å². The predicted octanol–water partition coefficient (Wildman–Crippen LogP) is 1.87. The summed E-state index contributed by atoms with van der Waals surface area (Å²) in [6.07, 6.45) is 1.84. The maximum atomic E-state index is 12.2. The molecule has 9 heteroatoms. The summed E-state index contributed by atoms with van der Waals surface area (Å²) in [6, 6.07) is 13.4. The Bertz CT molecular complexity index is 1170. The number of carbonyl (C=O) groups excluding carboxylic acids is 1. The van der Waals surface area contributed by atoms with Gasteiger partial charge in [0, 0.05) is 29.2 Å². The highest BCUT2D eigenvalue weighted by atomic mass is 16.7. The van der Waals surface area contributed by atoms with E-state index in [-0.39, 0.29) is 19.2 Å². The number of amides is 1. The van der Waals surface area contributed by atoms with Crippen LogP contribution in [0.15, 0.2) is 48.7 Å². The Morgan fingerprint density at radius 2 is 2.07 bits per heavy atom. The fraction of sp³-hybridized carbons (Fsp3) is 0.158. The van der Waals surface area contributed by atoms with E-state index in [1.54, 1.807) is 0 Å². The highest BCUT2D eigenvalue weighted by Crippen LogP contribution is 2.32. The van der Waals surface area contributed by atoms with E-state index >= 15 is 0 Å². The summed E-state index contributed by atoms with van der Waals surface area (Å²) in [7, 11) is 0. The van der Waals surface area contributed by atoms with Crippen molar-refractivity contribution in [2.75, 3.05) is 6.79 Å². The number of tetrazole rings is 1. The van der Waals surface area contributed by atoms with E-state index in [1.165, 1.54) is 4.80 Å². The zero-order valence-corrected chi connectivity index (χ0v) is 14.8. The van der Waals surface area contributed by atoms with Gasteiger partial charge in [-0.05, 0) is 29.0 Å². The van der Waals surface area contributed by atoms with Crippen LogP contribution in [0.25, 0.3) is 22.3 Å². The summed E-state index contributed by atoms with van der Waals surface area (Å²) in [6.45, 7) is 0.585. The second-order valence-corrected chi connectivity index (χ2v) is 6.36. The van der Waals surface area contributed by atoms with E-state index in [4.69, 9.17) is 9.47 Å². The monoisotopic (exact) mass is 376 g/mol. The van der Waals surface area contributed by atoms with Crippen LogP contribution in [0.3, 0.4) is 0 Å². The quantitative estimate of drug-likeness (QED) is 0.551. The molecule has 0 bridgehead atoms. The van der Waals surface area contributed by atoms with Crippen LogP contribution in [0.2, 0.25) is 0 Å². The second-order valence-electron chi connectivity index (χ2n) is 6.36. The minimum absolute atomic E-state index is 0.0140. The van der Waals surface area contributed by atoms with Crippen molar-refractivity contribution < 1.29 is 14.3 Å². The van der Waals surface area contributed by atoms with Crippen molar-refractivity contribution in [2.45, 2.75) is 13.1 Å². The Hall–Kier alpha value is -3.88. The molecule has 0 fully saturated rings. The van der Waals surface area contributed by atoms with Crippen LogP contribution in [-0.4, -0.2) is 37.9 Å². The van der Waals surface area contributed by atoms with Gasteiger partial charge in [0.05, 0.1) is 0 Å². The number of aromatic amines is 1. The predicted molar refractivity (Wildman–Crippen MR) is 99.5 cm³/mol. The molecule has 1 aliphatic heterocycles. The molecule has 4 aromatic rings. The molecular formula is C19H16N6O3. The van der Waals surface area contributed by atoms with Crippen LogP contribution in [-0.2, 0) is 17.9 Å². The molecule has 1 aliphatic rings. The Morgan fingerprint density at radius 1 is 1.18 bits per heavy atom. The van der Waals surface area contributed by atoms with Crippen molar-refractivity contribution in [1.29, 1.82) is 0 Å². The highest BCUT2D eigenvalue weighted by Gasteiger charge is 2.15. The number of H-pyrrole nitrogens is 1. The number of nitrogens with zero attached hydrogens (tertiary/aromatic N) is 4. The van der Waals surface area contributed by atoms with Crippen LogP contribution in [0, 0.1) is 0 Å². The topological polar surface area (TPSA) is 107 Å². The molecule has 9 nitrogen and oxygen atoms in total. The molecule has 28 heavy (non-hydrogen) atoms. The Balaban J connectivity index is 1.24. The van der Waals surface area contributed by atoms with Gasteiger partial charge in [0.2, 0.25) is 18.5 Å². The average Bonchev–Trinajstić information content (AvgIpc) is 3.44. The molecule has 140 valence electrons. The largest absolute Gasteiger partial charge is 0.454 e. The molecule has 0 saturated carbocycles. The maximum Gasteiger partial charge on any atom is 0.243 e. The van der Waals surface area contributed by atoms with E-state index in [9.17, 15) is 4.79 Å². The number of rotatable bonds is 5. The number of ether oxygens (including phenoxy) is 2. The molecule has 0 radical (unpaired) electrons. The second kappa shape index (κ2) is 6.69. The lowest BCUT2D eigenvalue weighted by molar-refractivity contribution is -0.122. The Morgan fingerprint density at radius 3 is 3.04 bits per heavy atom. The minimum atomic E-state index is -0.208. The van der Waals surface area contributed by atoms with Crippen molar-refractivity contribution in [1.82, 2.24) is 30.5 Å². The first-order valence-electron chi connectivity index (χ1n) is 8.76. The SMILES string of the molecule is O=C(Cn1nnc(-c2c[nH]c3ccccc23)n1)NCc1ccc2c(c1)OCO2. The molecule has 3 heterocycles. The van der Waals surface area contributed by atoms with Crippen LogP contribution in [0.5, 0.6) is 11.5 Å². The summed E-state index contributed by atoms with van der Waals surface area (Å²) in [5.74, 6) is 1.67. The van der Waals surface area contributed by atoms with E-state index in [0.29, 0.717) is 23.9 Å². The van der Waals surface area contributed by atoms with Crippen LogP contribution < -0.4 is 14.8 Å². The molecule has 2 aromatic carbocycles. The minimum Gasteiger partial charge on any atom is -0.454 e. The van der Waals surface area contributed by atoms with Gasteiger partial charge in [-0.3, -0.25) is 4.79 Å². The summed E-state index contributed by atoms with van der Waals surface area (Å²) in [5.41, 5.74) is 2.77. The first-order chi connectivity index (χ1) is 13.8. The van der Waals surface area contributed by atoms with Gasteiger partial charge in [-0.2, -0.15) is 4.80 Å². The Labute approximate surface area is 159 Å². The van der Waals surface area contributed by atoms with Gasteiger partial charge < -0.3 is 19.8 Å². The number of nitrogens with one attached hydrogen (secondary N) is 2. The number of hydrogen-bond acceptors (Lipinski definition) is 6. The van der Waals surface area contributed by atoms with Crippen molar-refractivity contribution in [3.05, 3.63) is 54.2 Å². The van der Waals surface area contributed by atoms with Gasteiger partial charge in [-0.25, -0.2) is 0 Å². The third-order valence-electron chi connectivity index (χ3n) is 4.49. The van der Waals surface area contributed by atoms with Crippen LogP contribution >= 0.6 is 0 Å². The molecule has 1 amide bonds. The van der Waals surface area contributed by atoms with Crippen molar-refractivity contribution >= 4 is 16.8 Å². The van der Waals surface area contributed by atoms with Crippen molar-refractivity contribution in [3.8, 4) is 22.9 Å². The standard InChI is InChI=1S/C19H16N6O3/c26-18(21-8-12-5-6-16-17(7-12)28-11-27-16)10-25-23-19(22-24-25)14-9-20-15-4-2-1-3-13(14)15/h1-7,9,20H,8,10-11H2,(H,21,26). The number of carbonyl (C=O) groups is 1. The number of benzene rings is 2. The lowest BCUT2D eigenvalue weighted by atomic mass is 10.2. The third kappa shape index (κ3) is 3.02. The molecule has 5 rings (SSSR count). The first-order valence-corrected chi connectivity index (χ1v) is 8.76. The van der Waals surface area contributed by atoms with Crippen molar-refractivity contribution in [3.63, 3.8) is 0 Å². The normalized spacial score (nSPS) is 12.4. The molecular weight excluding hydrogens is 360 g/mol. The van der Waals surface area contributed by atoms with Gasteiger partial charge in [-0.15, -0.1) is 10.2 Å². The van der Waals surface area contributed by atoms with Gasteiger partial charge >= 0.3 is 0 Å². The van der Waals surface area contributed by atoms with E-state index in [1.807, 2.05) is 48.7 Å². The number of fused-ring (bicyclic) bond motifs is 2. The molecule has 2 N–H and O–H groups in total. The number of aromatic nitrogens is 5.